The van der Waals surface area contributed by atoms with Crippen molar-refractivity contribution < 1.29 is 0 Å². The standard InChI is InChI=1S/C58H50N2/c1-57(2)51-24-13-11-21-43(51)45-29-26-40(34-53(45)57)48-36-50-42(32-39(48)28-31-55(59)38-19-9-6-10-20-38)33-49(47(56(50)60)23-15-18-37-16-7-5-8-17-37)41-27-30-46-44-22-12-14-25-52(44)58(3,4)54(46)35-41/h5-17,19-31,33-36H,18,32,59-60H2,1-4H3/b23-15-,39-28+,55-31-. The summed E-state index contributed by atoms with van der Waals surface area (Å²) in [4.78, 5) is 0. The van der Waals surface area contributed by atoms with Gasteiger partial charge in [0.1, 0.15) is 0 Å². The van der Waals surface area contributed by atoms with Crippen molar-refractivity contribution in [3.8, 4) is 33.4 Å². The fourth-order valence-corrected chi connectivity index (χ4v) is 10.1. The number of fused-ring (bicyclic) bond motifs is 7. The van der Waals surface area contributed by atoms with Gasteiger partial charge in [0.15, 0.2) is 0 Å². The Hall–Kier alpha value is -6.90. The zero-order valence-corrected chi connectivity index (χ0v) is 34.9. The molecule has 2 heteroatoms. The van der Waals surface area contributed by atoms with Crippen LogP contribution in [0.25, 0.3) is 56.8 Å². The molecule has 3 aliphatic rings. The Morgan fingerprint density at radius 2 is 1.13 bits per heavy atom. The minimum atomic E-state index is -0.118. The lowest BCUT2D eigenvalue weighted by Crippen LogP contribution is -2.15. The van der Waals surface area contributed by atoms with Crippen molar-refractivity contribution in [2.45, 2.75) is 51.4 Å². The topological polar surface area (TPSA) is 52.0 Å². The van der Waals surface area contributed by atoms with Crippen LogP contribution in [0.3, 0.4) is 0 Å². The van der Waals surface area contributed by atoms with Crippen molar-refractivity contribution in [1.82, 2.24) is 0 Å². The van der Waals surface area contributed by atoms with Crippen LogP contribution in [0, 0.1) is 0 Å². The number of hydrogen-bond donors (Lipinski definition) is 2. The van der Waals surface area contributed by atoms with Crippen molar-refractivity contribution in [3.63, 3.8) is 0 Å². The van der Waals surface area contributed by atoms with Crippen LogP contribution in [0.2, 0.25) is 0 Å². The van der Waals surface area contributed by atoms with Crippen LogP contribution in [0.1, 0.15) is 83.3 Å². The quantitative estimate of drug-likeness (QED) is 0.158. The summed E-state index contributed by atoms with van der Waals surface area (Å²) in [6.07, 6.45) is 12.7. The molecule has 0 radical (unpaired) electrons. The third kappa shape index (κ3) is 6.18. The van der Waals surface area contributed by atoms with Gasteiger partial charge in [-0.15, -0.1) is 0 Å². The number of anilines is 1. The average molecular weight is 775 g/mol. The molecule has 0 spiro atoms. The van der Waals surface area contributed by atoms with Crippen molar-refractivity contribution in [2.75, 3.05) is 5.73 Å². The molecule has 0 saturated carbocycles. The first-order valence-electron chi connectivity index (χ1n) is 21.2. The van der Waals surface area contributed by atoms with Gasteiger partial charge in [0.25, 0.3) is 0 Å². The van der Waals surface area contributed by atoms with Crippen LogP contribution >= 0.6 is 0 Å². The maximum absolute atomic E-state index is 7.48. The van der Waals surface area contributed by atoms with Gasteiger partial charge < -0.3 is 11.5 Å². The molecule has 10 rings (SSSR count). The van der Waals surface area contributed by atoms with E-state index in [0.29, 0.717) is 6.42 Å². The van der Waals surface area contributed by atoms with Gasteiger partial charge >= 0.3 is 0 Å². The number of nitrogen functional groups attached to an aromatic ring is 1. The monoisotopic (exact) mass is 774 g/mol. The minimum absolute atomic E-state index is 0.116. The normalized spacial score (nSPS) is 16.2. The Labute approximate surface area is 355 Å². The van der Waals surface area contributed by atoms with Gasteiger partial charge in [-0.25, -0.2) is 0 Å². The molecule has 7 aromatic carbocycles. The van der Waals surface area contributed by atoms with Crippen LogP contribution in [0.15, 0.2) is 175 Å². The second-order valence-corrected chi connectivity index (χ2v) is 17.7. The molecule has 0 amide bonds. The van der Waals surface area contributed by atoms with E-state index < -0.39 is 0 Å². The molecule has 0 saturated heterocycles. The number of benzene rings is 7. The lowest BCUT2D eigenvalue weighted by molar-refractivity contribution is 0.660. The minimum Gasteiger partial charge on any atom is -0.398 e. The highest BCUT2D eigenvalue weighted by molar-refractivity contribution is 6.01. The SMILES string of the molecule is CC1(C)c2ccccc2-c2ccc(C3=Cc4c(cc(-c5ccc6c(c5)C(C)(C)c5ccccc5-6)c(/C=C\Cc5ccccc5)c4N)C/C3=C\C=C(/N)c3ccccc3)cc21. The highest BCUT2D eigenvalue weighted by atomic mass is 14.6. The molecule has 0 unspecified atom stereocenters. The average Bonchev–Trinajstić information content (AvgIpc) is 3.65. The number of allylic oxidation sites excluding steroid dienone is 5. The molecule has 0 aromatic heterocycles. The summed E-state index contributed by atoms with van der Waals surface area (Å²) in [6, 6.07) is 55.0. The summed E-state index contributed by atoms with van der Waals surface area (Å²) < 4.78 is 0. The fourth-order valence-electron chi connectivity index (χ4n) is 10.1. The summed E-state index contributed by atoms with van der Waals surface area (Å²) in [5.41, 5.74) is 37.8. The van der Waals surface area contributed by atoms with Gasteiger partial charge in [-0.05, 0) is 132 Å². The molecule has 0 aliphatic heterocycles. The van der Waals surface area contributed by atoms with E-state index in [1.807, 2.05) is 18.2 Å². The molecule has 0 atom stereocenters. The predicted octanol–water partition coefficient (Wildman–Crippen LogP) is 13.8. The number of nitrogens with two attached hydrogens (primary N) is 2. The molecule has 0 fully saturated rings. The van der Waals surface area contributed by atoms with E-state index in [2.05, 4.69) is 192 Å². The Bertz CT molecular complexity index is 2970. The van der Waals surface area contributed by atoms with Crippen molar-refractivity contribution in [2.24, 2.45) is 5.73 Å². The molecule has 7 aromatic rings. The zero-order chi connectivity index (χ0) is 41.2. The van der Waals surface area contributed by atoms with E-state index in [0.717, 1.165) is 40.1 Å². The molecule has 0 bridgehead atoms. The molecule has 3 aliphatic carbocycles. The Balaban J connectivity index is 1.15. The molecular formula is C58H50N2. The predicted molar refractivity (Wildman–Crippen MR) is 255 cm³/mol. The molecular weight excluding hydrogens is 725 g/mol. The van der Waals surface area contributed by atoms with Crippen LogP contribution in [-0.4, -0.2) is 0 Å². The van der Waals surface area contributed by atoms with Crippen molar-refractivity contribution >= 4 is 29.1 Å². The summed E-state index contributed by atoms with van der Waals surface area (Å²) >= 11 is 0. The zero-order valence-electron chi connectivity index (χ0n) is 34.9. The van der Waals surface area contributed by atoms with E-state index in [1.54, 1.807) is 0 Å². The Morgan fingerprint density at radius 1 is 0.583 bits per heavy atom. The summed E-state index contributed by atoms with van der Waals surface area (Å²) in [5.74, 6) is 0. The van der Waals surface area contributed by atoms with Crippen LogP contribution in [0.4, 0.5) is 5.69 Å². The maximum Gasteiger partial charge on any atom is 0.0470 e. The van der Waals surface area contributed by atoms with Crippen LogP contribution < -0.4 is 11.5 Å². The van der Waals surface area contributed by atoms with Crippen LogP contribution in [-0.2, 0) is 23.7 Å². The van der Waals surface area contributed by atoms with Gasteiger partial charge in [-0.2, -0.15) is 0 Å². The third-order valence-corrected chi connectivity index (χ3v) is 13.4. The van der Waals surface area contributed by atoms with Crippen molar-refractivity contribution in [1.29, 1.82) is 0 Å². The second kappa shape index (κ2) is 14.4. The van der Waals surface area contributed by atoms with Gasteiger partial charge in [0, 0.05) is 33.3 Å². The maximum atomic E-state index is 7.48. The molecule has 0 heterocycles. The number of hydrogen-bond acceptors (Lipinski definition) is 2. The largest absolute Gasteiger partial charge is 0.398 e. The van der Waals surface area contributed by atoms with E-state index in [4.69, 9.17) is 11.5 Å². The van der Waals surface area contributed by atoms with Gasteiger partial charge in [0.2, 0.25) is 0 Å². The first-order chi connectivity index (χ1) is 29.1. The third-order valence-electron chi connectivity index (χ3n) is 13.4. The van der Waals surface area contributed by atoms with E-state index in [9.17, 15) is 0 Å². The van der Waals surface area contributed by atoms with E-state index in [1.165, 1.54) is 77.9 Å². The fraction of sp³-hybridized carbons (Fsp3) is 0.138. The first kappa shape index (κ1) is 37.4. The molecule has 4 N–H and O–H groups in total. The van der Waals surface area contributed by atoms with Gasteiger partial charge in [0.05, 0.1) is 0 Å². The highest BCUT2D eigenvalue weighted by Crippen LogP contribution is 2.52. The highest BCUT2D eigenvalue weighted by Gasteiger charge is 2.37. The first-order valence-corrected chi connectivity index (χ1v) is 21.2. The number of rotatable bonds is 7. The summed E-state index contributed by atoms with van der Waals surface area (Å²) in [5, 5.41) is 0. The smallest absolute Gasteiger partial charge is 0.0470 e. The van der Waals surface area contributed by atoms with Gasteiger partial charge in [-0.1, -0.05) is 179 Å². The molecule has 2 nitrogen and oxygen atoms in total. The Kier molecular flexibility index (Phi) is 8.99. The van der Waals surface area contributed by atoms with E-state index in [-0.39, 0.29) is 10.8 Å². The Morgan fingerprint density at radius 3 is 1.78 bits per heavy atom. The lowest BCUT2D eigenvalue weighted by atomic mass is 9.78. The van der Waals surface area contributed by atoms with Crippen molar-refractivity contribution in [3.05, 3.63) is 231 Å². The second-order valence-electron chi connectivity index (χ2n) is 17.7. The summed E-state index contributed by atoms with van der Waals surface area (Å²) in [6.45, 7) is 9.39. The lowest BCUT2D eigenvalue weighted by Gasteiger charge is -2.26. The molecule has 60 heavy (non-hydrogen) atoms. The van der Waals surface area contributed by atoms with Crippen LogP contribution in [0.5, 0.6) is 0 Å². The van der Waals surface area contributed by atoms with Gasteiger partial charge in [-0.3, -0.25) is 0 Å². The summed E-state index contributed by atoms with van der Waals surface area (Å²) in [7, 11) is 0. The van der Waals surface area contributed by atoms with E-state index >= 15 is 0 Å². The molecule has 292 valence electrons.